The molecule has 2 rings (SSSR count). The molecule has 1 aliphatic rings. The Bertz CT molecular complexity index is 570. The number of esters is 1. The number of carbonyl (C=O) groups excluding carboxylic acids is 2. The van der Waals surface area contributed by atoms with E-state index in [9.17, 15) is 9.59 Å². The number of nitrogens with zero attached hydrogens (tertiary/aromatic N) is 1. The fourth-order valence-electron chi connectivity index (χ4n) is 3.08. The summed E-state index contributed by atoms with van der Waals surface area (Å²) in [6, 6.07) is 9.35. The van der Waals surface area contributed by atoms with Gasteiger partial charge in [-0.05, 0) is 31.7 Å². The van der Waals surface area contributed by atoms with Crippen molar-refractivity contribution in [3.63, 3.8) is 0 Å². The third kappa shape index (κ3) is 4.85. The van der Waals surface area contributed by atoms with Crippen LogP contribution in [0.25, 0.3) is 0 Å². The predicted molar refractivity (Wildman–Crippen MR) is 91.3 cm³/mol. The highest BCUT2D eigenvalue weighted by atomic mass is 16.6. The Morgan fingerprint density at radius 1 is 1.25 bits per heavy atom. The van der Waals surface area contributed by atoms with Crippen LogP contribution in [0.2, 0.25) is 0 Å². The second kappa shape index (κ2) is 9.11. The van der Waals surface area contributed by atoms with Crippen molar-refractivity contribution in [3.8, 4) is 0 Å². The summed E-state index contributed by atoms with van der Waals surface area (Å²) in [6.07, 6.45) is 6.38. The highest BCUT2D eigenvalue weighted by Crippen LogP contribution is 2.27. The van der Waals surface area contributed by atoms with Crippen LogP contribution < -0.4 is 0 Å². The molecule has 1 aromatic rings. The highest BCUT2D eigenvalue weighted by Gasteiger charge is 2.35. The molecule has 5 nitrogen and oxygen atoms in total. The molecule has 5 heteroatoms. The quantitative estimate of drug-likeness (QED) is 0.610. The number of allylic oxidation sites excluding steroid dienone is 1. The van der Waals surface area contributed by atoms with Gasteiger partial charge >= 0.3 is 12.1 Å². The van der Waals surface area contributed by atoms with Crippen LogP contribution in [-0.2, 0) is 20.9 Å². The molecule has 0 radical (unpaired) electrons. The molecule has 1 heterocycles. The van der Waals surface area contributed by atoms with Gasteiger partial charge in [-0.15, -0.1) is 0 Å². The van der Waals surface area contributed by atoms with Crippen LogP contribution in [-0.4, -0.2) is 36.2 Å². The standard InChI is InChI=1S/C19H25NO4/c1-3-8-16-11-7-12-17(13-18(21)23-2)20(16)19(22)24-14-15-9-5-4-6-10-15/h3-6,8-10,16-17H,7,11-14H2,1-2H3/b8-3+/t16-,17-/m1/s1. The molecule has 0 aromatic heterocycles. The Hall–Kier alpha value is -2.30. The van der Waals surface area contributed by atoms with Crippen LogP contribution in [0.15, 0.2) is 42.5 Å². The van der Waals surface area contributed by atoms with E-state index in [0.717, 1.165) is 24.8 Å². The molecule has 1 aliphatic heterocycles. The van der Waals surface area contributed by atoms with Crippen LogP contribution >= 0.6 is 0 Å². The molecule has 0 aliphatic carbocycles. The van der Waals surface area contributed by atoms with E-state index in [2.05, 4.69) is 0 Å². The zero-order valence-electron chi connectivity index (χ0n) is 14.3. The van der Waals surface area contributed by atoms with Crippen molar-refractivity contribution in [2.24, 2.45) is 0 Å². The number of carbonyl (C=O) groups is 2. The van der Waals surface area contributed by atoms with Crippen LogP contribution in [0.5, 0.6) is 0 Å². The van der Waals surface area contributed by atoms with E-state index >= 15 is 0 Å². The van der Waals surface area contributed by atoms with E-state index in [1.165, 1.54) is 7.11 Å². The number of hydrogen-bond acceptors (Lipinski definition) is 4. The summed E-state index contributed by atoms with van der Waals surface area (Å²) < 4.78 is 10.3. The Balaban J connectivity index is 2.08. The number of piperidine rings is 1. The molecular formula is C19H25NO4. The third-order valence-electron chi connectivity index (χ3n) is 4.25. The Morgan fingerprint density at radius 2 is 2.00 bits per heavy atom. The lowest BCUT2D eigenvalue weighted by molar-refractivity contribution is -0.142. The molecule has 1 aromatic carbocycles. The maximum atomic E-state index is 12.7. The molecule has 130 valence electrons. The van der Waals surface area contributed by atoms with Crippen molar-refractivity contribution in [2.45, 2.75) is 51.3 Å². The molecule has 1 saturated heterocycles. The van der Waals surface area contributed by atoms with Crippen molar-refractivity contribution >= 4 is 12.1 Å². The summed E-state index contributed by atoms with van der Waals surface area (Å²) in [6.45, 7) is 2.15. The van der Waals surface area contributed by atoms with Gasteiger partial charge in [0.1, 0.15) is 6.61 Å². The lowest BCUT2D eigenvalue weighted by Gasteiger charge is -2.39. The lowest BCUT2D eigenvalue weighted by atomic mass is 9.93. The Kier molecular flexibility index (Phi) is 6.85. The van der Waals surface area contributed by atoms with Crippen molar-refractivity contribution in [3.05, 3.63) is 48.0 Å². The first-order chi connectivity index (χ1) is 11.7. The van der Waals surface area contributed by atoms with Crippen LogP contribution in [0.3, 0.4) is 0 Å². The SMILES string of the molecule is C/C=C/[C@@H]1CCC[C@H](CC(=O)OC)N1C(=O)OCc1ccccc1. The van der Waals surface area contributed by atoms with E-state index < -0.39 is 0 Å². The largest absolute Gasteiger partial charge is 0.469 e. The lowest BCUT2D eigenvalue weighted by Crippen LogP contribution is -2.50. The zero-order valence-corrected chi connectivity index (χ0v) is 14.3. The van der Waals surface area contributed by atoms with E-state index in [1.54, 1.807) is 4.90 Å². The number of hydrogen-bond donors (Lipinski definition) is 0. The molecule has 24 heavy (non-hydrogen) atoms. The first-order valence-corrected chi connectivity index (χ1v) is 8.34. The maximum absolute atomic E-state index is 12.7. The first kappa shape index (κ1) is 18.0. The molecule has 0 bridgehead atoms. The van der Waals surface area contributed by atoms with Crippen molar-refractivity contribution in [1.82, 2.24) is 4.90 Å². The maximum Gasteiger partial charge on any atom is 0.410 e. The summed E-state index contributed by atoms with van der Waals surface area (Å²) >= 11 is 0. The van der Waals surface area contributed by atoms with Crippen molar-refractivity contribution in [1.29, 1.82) is 0 Å². The van der Waals surface area contributed by atoms with Crippen molar-refractivity contribution < 1.29 is 19.1 Å². The van der Waals surface area contributed by atoms with Gasteiger partial charge in [0.25, 0.3) is 0 Å². The van der Waals surface area contributed by atoms with Gasteiger partial charge in [0.15, 0.2) is 0 Å². The normalized spacial score (nSPS) is 20.8. The third-order valence-corrected chi connectivity index (χ3v) is 4.25. The number of rotatable bonds is 5. The van der Waals surface area contributed by atoms with E-state index in [4.69, 9.17) is 9.47 Å². The van der Waals surface area contributed by atoms with Gasteiger partial charge < -0.3 is 9.47 Å². The first-order valence-electron chi connectivity index (χ1n) is 8.34. The molecule has 0 N–H and O–H groups in total. The average molecular weight is 331 g/mol. The van der Waals surface area contributed by atoms with Gasteiger partial charge in [-0.25, -0.2) is 4.79 Å². The minimum absolute atomic E-state index is 0.0401. The summed E-state index contributed by atoms with van der Waals surface area (Å²) in [5.74, 6) is -0.304. The fraction of sp³-hybridized carbons (Fsp3) is 0.474. The van der Waals surface area contributed by atoms with Gasteiger partial charge in [0, 0.05) is 6.04 Å². The predicted octanol–water partition coefficient (Wildman–Crippen LogP) is 3.69. The minimum Gasteiger partial charge on any atom is -0.469 e. The zero-order chi connectivity index (χ0) is 17.4. The number of amides is 1. The minimum atomic E-state index is -0.379. The average Bonchev–Trinajstić information content (AvgIpc) is 2.61. The molecule has 0 spiro atoms. The van der Waals surface area contributed by atoms with Gasteiger partial charge in [0.05, 0.1) is 19.6 Å². The summed E-state index contributed by atoms with van der Waals surface area (Å²) in [7, 11) is 1.37. The molecule has 1 fully saturated rings. The summed E-state index contributed by atoms with van der Waals surface area (Å²) in [4.78, 5) is 26.0. The topological polar surface area (TPSA) is 55.8 Å². The second-order valence-corrected chi connectivity index (χ2v) is 5.91. The van der Waals surface area contributed by atoms with Crippen LogP contribution in [0, 0.1) is 0 Å². The number of benzene rings is 1. The second-order valence-electron chi connectivity index (χ2n) is 5.91. The number of likely N-dealkylation sites (tertiary alicyclic amines) is 1. The van der Waals surface area contributed by atoms with Crippen LogP contribution in [0.4, 0.5) is 4.79 Å². The molecule has 0 saturated carbocycles. The van der Waals surface area contributed by atoms with Crippen LogP contribution in [0.1, 0.15) is 38.2 Å². The summed E-state index contributed by atoms with van der Waals surface area (Å²) in [5.41, 5.74) is 0.940. The van der Waals surface area contributed by atoms with E-state index in [1.807, 2.05) is 49.4 Å². The number of methoxy groups -OCH3 is 1. The van der Waals surface area contributed by atoms with Gasteiger partial charge in [0.2, 0.25) is 0 Å². The smallest absolute Gasteiger partial charge is 0.410 e. The van der Waals surface area contributed by atoms with Gasteiger partial charge in [-0.1, -0.05) is 42.5 Å². The Labute approximate surface area is 143 Å². The van der Waals surface area contributed by atoms with Gasteiger partial charge in [-0.3, -0.25) is 9.69 Å². The highest BCUT2D eigenvalue weighted by molar-refractivity contribution is 5.73. The molecular weight excluding hydrogens is 306 g/mol. The molecule has 0 unspecified atom stereocenters. The Morgan fingerprint density at radius 3 is 2.67 bits per heavy atom. The molecule has 1 amide bonds. The van der Waals surface area contributed by atoms with E-state index in [0.29, 0.717) is 0 Å². The fourth-order valence-corrected chi connectivity index (χ4v) is 3.08. The summed E-state index contributed by atoms with van der Waals surface area (Å²) in [5, 5.41) is 0. The van der Waals surface area contributed by atoms with Gasteiger partial charge in [-0.2, -0.15) is 0 Å². The number of ether oxygens (including phenoxy) is 2. The van der Waals surface area contributed by atoms with E-state index in [-0.39, 0.29) is 37.2 Å². The van der Waals surface area contributed by atoms with Crippen molar-refractivity contribution in [2.75, 3.05) is 7.11 Å². The monoisotopic (exact) mass is 331 g/mol. The molecule has 2 atom stereocenters.